The molecular formula is C24H22FN3O2S. The summed E-state index contributed by atoms with van der Waals surface area (Å²) in [7, 11) is 0. The summed E-state index contributed by atoms with van der Waals surface area (Å²) in [6, 6.07) is 15.8. The Hall–Kier alpha value is -3.32. The van der Waals surface area contributed by atoms with Gasteiger partial charge in [-0.1, -0.05) is 42.5 Å². The molecule has 7 heteroatoms. The highest BCUT2D eigenvalue weighted by atomic mass is 32.1. The summed E-state index contributed by atoms with van der Waals surface area (Å²) in [6.07, 6.45) is 0.0225. The molecule has 0 spiro atoms. The van der Waals surface area contributed by atoms with E-state index in [2.05, 4.69) is 9.97 Å². The average Bonchev–Trinajstić information content (AvgIpc) is 3.09. The van der Waals surface area contributed by atoms with Crippen molar-refractivity contribution >= 4 is 27.5 Å². The van der Waals surface area contributed by atoms with Crippen LogP contribution in [0.5, 0.6) is 0 Å². The lowest BCUT2D eigenvalue weighted by molar-refractivity contribution is -0.131. The summed E-state index contributed by atoms with van der Waals surface area (Å²) in [5.41, 5.74) is 2.28. The molecule has 0 fully saturated rings. The summed E-state index contributed by atoms with van der Waals surface area (Å²) in [5.74, 6) is -0.0773. The minimum atomic E-state index is -0.329. The van der Waals surface area contributed by atoms with Gasteiger partial charge < -0.3 is 9.88 Å². The number of halogens is 1. The molecule has 158 valence electrons. The van der Waals surface area contributed by atoms with Gasteiger partial charge in [-0.05, 0) is 37.1 Å². The van der Waals surface area contributed by atoms with Gasteiger partial charge in [0.2, 0.25) is 5.91 Å². The van der Waals surface area contributed by atoms with Gasteiger partial charge in [-0.25, -0.2) is 9.37 Å². The zero-order valence-electron chi connectivity index (χ0n) is 17.3. The molecule has 31 heavy (non-hydrogen) atoms. The van der Waals surface area contributed by atoms with Gasteiger partial charge in [0.15, 0.2) is 0 Å². The van der Waals surface area contributed by atoms with Gasteiger partial charge in [0, 0.05) is 23.5 Å². The van der Waals surface area contributed by atoms with Gasteiger partial charge in [-0.2, -0.15) is 0 Å². The number of nitrogens with zero attached hydrogens (tertiary/aromatic N) is 2. The monoisotopic (exact) mass is 435 g/mol. The van der Waals surface area contributed by atoms with Crippen LogP contribution in [-0.2, 0) is 17.8 Å². The van der Waals surface area contributed by atoms with Crippen molar-refractivity contribution in [3.8, 4) is 11.1 Å². The second-order valence-corrected chi connectivity index (χ2v) is 8.51. The fourth-order valence-corrected chi connectivity index (χ4v) is 4.71. The minimum Gasteiger partial charge on any atom is -0.338 e. The Balaban J connectivity index is 1.63. The number of amides is 1. The summed E-state index contributed by atoms with van der Waals surface area (Å²) in [6.45, 7) is 4.91. The molecular weight excluding hydrogens is 413 g/mol. The van der Waals surface area contributed by atoms with Crippen molar-refractivity contribution < 1.29 is 9.18 Å². The maximum absolute atomic E-state index is 13.3. The molecule has 0 aliphatic rings. The van der Waals surface area contributed by atoms with Crippen LogP contribution in [-0.4, -0.2) is 27.3 Å². The number of H-pyrrole nitrogens is 1. The Morgan fingerprint density at radius 1 is 1.13 bits per heavy atom. The maximum Gasteiger partial charge on any atom is 0.260 e. The van der Waals surface area contributed by atoms with Crippen LogP contribution in [0.2, 0.25) is 0 Å². The van der Waals surface area contributed by atoms with Crippen LogP contribution in [0.3, 0.4) is 0 Å². The quantitative estimate of drug-likeness (QED) is 0.478. The van der Waals surface area contributed by atoms with E-state index in [1.807, 2.05) is 44.2 Å². The normalized spacial score (nSPS) is 11.1. The Morgan fingerprint density at radius 3 is 2.52 bits per heavy atom. The van der Waals surface area contributed by atoms with Gasteiger partial charge in [0.05, 0.1) is 11.8 Å². The lowest BCUT2D eigenvalue weighted by Gasteiger charge is -2.20. The van der Waals surface area contributed by atoms with Crippen molar-refractivity contribution in [3.63, 3.8) is 0 Å². The van der Waals surface area contributed by atoms with E-state index in [9.17, 15) is 14.0 Å². The molecule has 2 aromatic heterocycles. The number of aryl methyl sites for hydroxylation is 1. The molecule has 0 bridgehead atoms. The molecule has 2 heterocycles. The van der Waals surface area contributed by atoms with E-state index in [1.165, 1.54) is 23.5 Å². The largest absolute Gasteiger partial charge is 0.338 e. The molecule has 0 unspecified atom stereocenters. The first-order valence-electron chi connectivity index (χ1n) is 10.1. The molecule has 1 N–H and O–H groups in total. The third-order valence-electron chi connectivity index (χ3n) is 5.19. The SMILES string of the molecule is CCN(Cc1ccccc1)C(=O)Cc1nc2sc(C)c(-c3ccc(F)cc3)c2c(=O)[nH]1. The third-order valence-corrected chi connectivity index (χ3v) is 6.19. The summed E-state index contributed by atoms with van der Waals surface area (Å²) in [5, 5.41) is 0.474. The van der Waals surface area contributed by atoms with E-state index in [1.54, 1.807) is 17.0 Å². The highest BCUT2D eigenvalue weighted by Gasteiger charge is 2.19. The summed E-state index contributed by atoms with van der Waals surface area (Å²) < 4.78 is 13.3. The molecule has 0 aliphatic heterocycles. The first-order chi connectivity index (χ1) is 15.0. The van der Waals surface area contributed by atoms with Crippen LogP contribution in [0.1, 0.15) is 23.2 Å². The highest BCUT2D eigenvalue weighted by molar-refractivity contribution is 7.19. The Kier molecular flexibility index (Phi) is 5.95. The second-order valence-electron chi connectivity index (χ2n) is 7.30. The van der Waals surface area contributed by atoms with Gasteiger partial charge in [0.1, 0.15) is 16.5 Å². The zero-order chi connectivity index (χ0) is 22.0. The van der Waals surface area contributed by atoms with Gasteiger partial charge in [-0.15, -0.1) is 11.3 Å². The fourth-order valence-electron chi connectivity index (χ4n) is 3.65. The smallest absolute Gasteiger partial charge is 0.260 e. The molecule has 0 saturated heterocycles. The highest BCUT2D eigenvalue weighted by Crippen LogP contribution is 2.35. The topological polar surface area (TPSA) is 66.1 Å². The molecule has 5 nitrogen and oxygen atoms in total. The number of aromatic amines is 1. The number of carbonyl (C=O) groups is 1. The number of likely N-dealkylation sites (N-methyl/N-ethyl adjacent to an activating group) is 1. The second kappa shape index (κ2) is 8.81. The van der Waals surface area contributed by atoms with E-state index in [-0.39, 0.29) is 23.7 Å². The number of aromatic nitrogens is 2. The lowest BCUT2D eigenvalue weighted by atomic mass is 10.0. The molecule has 0 radical (unpaired) electrons. The van der Waals surface area contributed by atoms with Crippen molar-refractivity contribution in [2.45, 2.75) is 26.8 Å². The number of hydrogen-bond acceptors (Lipinski definition) is 4. The van der Waals surface area contributed by atoms with Gasteiger partial charge >= 0.3 is 0 Å². The van der Waals surface area contributed by atoms with Crippen LogP contribution in [0.25, 0.3) is 21.3 Å². The predicted molar refractivity (Wildman–Crippen MR) is 122 cm³/mol. The van der Waals surface area contributed by atoms with Gasteiger partial charge in [-0.3, -0.25) is 9.59 Å². The molecule has 0 saturated carbocycles. The predicted octanol–water partition coefficient (Wildman–Crippen LogP) is 4.69. The first-order valence-corrected chi connectivity index (χ1v) is 10.9. The maximum atomic E-state index is 13.3. The number of rotatable bonds is 6. The first kappa shape index (κ1) is 20.9. The number of benzene rings is 2. The van der Waals surface area contributed by atoms with Crippen LogP contribution in [0.15, 0.2) is 59.4 Å². The number of nitrogens with one attached hydrogen (secondary N) is 1. The number of fused-ring (bicyclic) bond motifs is 1. The average molecular weight is 436 g/mol. The fraction of sp³-hybridized carbons (Fsp3) is 0.208. The molecule has 4 aromatic rings. The van der Waals surface area contributed by atoms with Crippen molar-refractivity contribution in [1.82, 2.24) is 14.9 Å². The summed E-state index contributed by atoms with van der Waals surface area (Å²) >= 11 is 1.40. The van der Waals surface area contributed by atoms with Crippen molar-refractivity contribution in [1.29, 1.82) is 0 Å². The van der Waals surface area contributed by atoms with Gasteiger partial charge in [0.25, 0.3) is 5.56 Å². The van der Waals surface area contributed by atoms with E-state index in [4.69, 9.17) is 0 Å². The minimum absolute atomic E-state index is 0.0225. The summed E-state index contributed by atoms with van der Waals surface area (Å²) in [4.78, 5) is 36.3. The zero-order valence-corrected chi connectivity index (χ0v) is 18.1. The van der Waals surface area contributed by atoms with Crippen molar-refractivity contribution in [2.75, 3.05) is 6.54 Å². The standard InChI is InChI=1S/C24H22FN3O2S/c1-3-28(14-16-7-5-4-6-8-16)20(29)13-19-26-23(30)22-21(15(2)31-24(22)27-19)17-9-11-18(25)12-10-17/h4-12H,3,13-14H2,1-2H3,(H,26,27,30). The van der Waals surface area contributed by atoms with E-state index in [0.717, 1.165) is 21.6 Å². The van der Waals surface area contributed by atoms with E-state index < -0.39 is 0 Å². The molecule has 0 aliphatic carbocycles. The van der Waals surface area contributed by atoms with Crippen molar-refractivity contribution in [3.05, 3.63) is 87.0 Å². The molecule has 2 aromatic carbocycles. The Bertz CT molecular complexity index is 1280. The van der Waals surface area contributed by atoms with Crippen LogP contribution >= 0.6 is 11.3 Å². The van der Waals surface area contributed by atoms with Crippen LogP contribution in [0, 0.1) is 12.7 Å². The van der Waals surface area contributed by atoms with E-state index >= 15 is 0 Å². The number of carbonyl (C=O) groups excluding carboxylic acids is 1. The van der Waals surface area contributed by atoms with Crippen molar-refractivity contribution in [2.24, 2.45) is 0 Å². The molecule has 1 amide bonds. The number of hydrogen-bond donors (Lipinski definition) is 1. The number of thiophene rings is 1. The Morgan fingerprint density at radius 2 is 1.84 bits per heavy atom. The molecule has 0 atom stereocenters. The van der Waals surface area contributed by atoms with Crippen LogP contribution in [0.4, 0.5) is 4.39 Å². The lowest BCUT2D eigenvalue weighted by Crippen LogP contribution is -2.32. The van der Waals surface area contributed by atoms with E-state index in [0.29, 0.717) is 29.1 Å². The molecule has 4 rings (SSSR count). The third kappa shape index (κ3) is 4.41. The Labute approximate surface area is 183 Å². The van der Waals surface area contributed by atoms with Crippen LogP contribution < -0.4 is 5.56 Å².